The van der Waals surface area contributed by atoms with E-state index in [1.54, 1.807) is 18.2 Å². The van der Waals surface area contributed by atoms with Crippen LogP contribution in [0.15, 0.2) is 18.2 Å². The van der Waals surface area contributed by atoms with Gasteiger partial charge in [0.25, 0.3) is 5.91 Å². The monoisotopic (exact) mass is 381 g/mol. The fraction of sp³-hybridized carbons (Fsp3) is 0.579. The Bertz CT molecular complexity index is 663. The lowest BCUT2D eigenvalue weighted by Crippen LogP contribution is -2.60. The normalized spacial score (nSPS) is 32.5. The van der Waals surface area contributed by atoms with E-state index >= 15 is 0 Å². The van der Waals surface area contributed by atoms with Crippen molar-refractivity contribution in [3.05, 3.63) is 33.8 Å². The Morgan fingerprint density at radius 2 is 1.56 bits per heavy atom. The lowest BCUT2D eigenvalue weighted by Gasteiger charge is -2.56. The number of ether oxygens (including phenoxy) is 1. The first kappa shape index (κ1) is 17.2. The average Bonchev–Trinajstić information content (AvgIpc) is 2.51. The molecule has 4 bridgehead atoms. The summed E-state index contributed by atoms with van der Waals surface area (Å²) in [4.78, 5) is 24.6. The van der Waals surface area contributed by atoms with Crippen LogP contribution in [0.4, 0.5) is 0 Å². The van der Waals surface area contributed by atoms with Crippen molar-refractivity contribution in [2.75, 3.05) is 6.61 Å². The quantitative estimate of drug-likeness (QED) is 0.793. The number of carbonyl (C=O) groups is 2. The number of amides is 1. The van der Waals surface area contributed by atoms with E-state index in [1.165, 1.54) is 19.3 Å². The van der Waals surface area contributed by atoms with Crippen LogP contribution in [0.2, 0.25) is 10.0 Å². The number of nitrogens with one attached hydrogen (secondary N) is 1. The molecule has 0 atom stereocenters. The summed E-state index contributed by atoms with van der Waals surface area (Å²) < 4.78 is 5.15. The third-order valence-electron chi connectivity index (χ3n) is 5.94. The molecular formula is C19H21Cl2NO3. The van der Waals surface area contributed by atoms with Crippen molar-refractivity contribution in [3.63, 3.8) is 0 Å². The second kappa shape index (κ2) is 6.48. The van der Waals surface area contributed by atoms with Gasteiger partial charge in [0.1, 0.15) is 0 Å². The molecule has 0 radical (unpaired) electrons. The highest BCUT2D eigenvalue weighted by Gasteiger charge is 2.51. The van der Waals surface area contributed by atoms with E-state index in [9.17, 15) is 9.59 Å². The molecule has 4 aliphatic carbocycles. The number of esters is 1. The molecular weight excluding hydrogens is 361 g/mol. The zero-order valence-electron chi connectivity index (χ0n) is 13.9. The minimum atomic E-state index is -0.670. The summed E-state index contributed by atoms with van der Waals surface area (Å²) in [5.41, 5.74) is 0.0220. The summed E-state index contributed by atoms with van der Waals surface area (Å²) in [6.07, 6.45) is 7.14. The Morgan fingerprint density at radius 1 is 1.04 bits per heavy atom. The van der Waals surface area contributed by atoms with Crippen LogP contribution in [-0.2, 0) is 9.53 Å². The predicted octanol–water partition coefficient (Wildman–Crippen LogP) is 4.24. The molecule has 4 aliphatic rings. The molecule has 4 fully saturated rings. The summed E-state index contributed by atoms with van der Waals surface area (Å²) in [5, 5.41) is 3.62. The third kappa shape index (κ3) is 3.39. The van der Waals surface area contributed by atoms with E-state index < -0.39 is 5.97 Å². The van der Waals surface area contributed by atoms with Crippen molar-refractivity contribution in [2.45, 2.75) is 44.1 Å². The molecule has 1 aromatic carbocycles. The van der Waals surface area contributed by atoms with E-state index in [1.807, 2.05) is 0 Å². The maximum absolute atomic E-state index is 12.4. The maximum atomic E-state index is 12.4. The van der Waals surface area contributed by atoms with Gasteiger partial charge in [-0.05, 0) is 68.4 Å². The average molecular weight is 382 g/mol. The Morgan fingerprint density at radius 3 is 2.08 bits per heavy atom. The van der Waals surface area contributed by atoms with Gasteiger partial charge in [-0.1, -0.05) is 29.3 Å². The fourth-order valence-corrected chi connectivity index (χ4v) is 6.04. The first-order valence-electron chi connectivity index (χ1n) is 8.86. The zero-order chi connectivity index (χ0) is 17.6. The molecule has 0 unspecified atom stereocenters. The van der Waals surface area contributed by atoms with E-state index in [0.717, 1.165) is 37.0 Å². The van der Waals surface area contributed by atoms with Gasteiger partial charge in [0.2, 0.25) is 0 Å². The molecule has 0 aliphatic heterocycles. The van der Waals surface area contributed by atoms with E-state index in [-0.39, 0.29) is 33.7 Å². The Balaban J connectivity index is 1.36. The molecule has 1 N–H and O–H groups in total. The number of rotatable bonds is 4. The minimum absolute atomic E-state index is 0.0831. The zero-order valence-corrected chi connectivity index (χ0v) is 15.4. The second-order valence-corrected chi connectivity index (χ2v) is 8.73. The van der Waals surface area contributed by atoms with Gasteiger partial charge < -0.3 is 10.1 Å². The van der Waals surface area contributed by atoms with Crippen molar-refractivity contribution in [1.29, 1.82) is 0 Å². The van der Waals surface area contributed by atoms with Crippen molar-refractivity contribution in [2.24, 2.45) is 17.8 Å². The van der Waals surface area contributed by atoms with Crippen LogP contribution in [0.5, 0.6) is 0 Å². The van der Waals surface area contributed by atoms with Crippen LogP contribution >= 0.6 is 23.2 Å². The second-order valence-electron chi connectivity index (χ2n) is 7.92. The van der Waals surface area contributed by atoms with Gasteiger partial charge in [0.05, 0.1) is 15.6 Å². The van der Waals surface area contributed by atoms with Crippen LogP contribution in [0.25, 0.3) is 0 Å². The van der Waals surface area contributed by atoms with Gasteiger partial charge in [-0.2, -0.15) is 0 Å². The topological polar surface area (TPSA) is 55.4 Å². The first-order chi connectivity index (χ1) is 11.9. The Kier molecular flexibility index (Phi) is 4.45. The summed E-state index contributed by atoms with van der Waals surface area (Å²) in [6, 6.07) is 4.79. The molecule has 25 heavy (non-hydrogen) atoms. The lowest BCUT2D eigenvalue weighted by molar-refractivity contribution is -0.130. The standard InChI is InChI=1S/C19H21Cl2NO3/c20-14-2-1-3-15(21)17(14)18(24)25-10-16(23)22-19-7-11-4-12(8-19)6-13(5-11)9-19/h1-3,11-13H,4-10H2,(H,22,23). The van der Waals surface area contributed by atoms with Crippen LogP contribution < -0.4 is 5.32 Å². The van der Waals surface area contributed by atoms with Gasteiger partial charge in [-0.25, -0.2) is 4.79 Å². The number of carbonyl (C=O) groups excluding carboxylic acids is 2. The highest BCUT2D eigenvalue weighted by molar-refractivity contribution is 6.39. The third-order valence-corrected chi connectivity index (χ3v) is 6.57. The van der Waals surface area contributed by atoms with Crippen LogP contribution in [0.3, 0.4) is 0 Å². The molecule has 1 amide bonds. The predicted molar refractivity (Wildman–Crippen MR) is 95.8 cm³/mol. The minimum Gasteiger partial charge on any atom is -0.452 e. The molecule has 0 spiro atoms. The lowest BCUT2D eigenvalue weighted by atomic mass is 9.53. The molecule has 0 heterocycles. The molecule has 0 aromatic heterocycles. The SMILES string of the molecule is O=C(COC(=O)c1c(Cl)cccc1Cl)NC12CC3CC(CC(C3)C1)C2. The van der Waals surface area contributed by atoms with Gasteiger partial charge in [-0.3, -0.25) is 4.79 Å². The molecule has 6 heteroatoms. The number of benzene rings is 1. The molecule has 5 rings (SSSR count). The van der Waals surface area contributed by atoms with Crippen molar-refractivity contribution in [1.82, 2.24) is 5.32 Å². The van der Waals surface area contributed by atoms with Crippen LogP contribution in [0, 0.1) is 17.8 Å². The number of hydrogen-bond donors (Lipinski definition) is 1. The van der Waals surface area contributed by atoms with Gasteiger partial charge >= 0.3 is 5.97 Å². The smallest absolute Gasteiger partial charge is 0.341 e. The number of hydrogen-bond acceptors (Lipinski definition) is 3. The molecule has 0 saturated heterocycles. The summed E-state index contributed by atoms with van der Waals surface area (Å²) >= 11 is 12.0. The van der Waals surface area contributed by atoms with Crippen molar-refractivity contribution in [3.8, 4) is 0 Å². The van der Waals surface area contributed by atoms with Crippen molar-refractivity contribution >= 4 is 35.1 Å². The van der Waals surface area contributed by atoms with Gasteiger partial charge in [-0.15, -0.1) is 0 Å². The highest BCUT2D eigenvalue weighted by Crippen LogP contribution is 2.55. The molecule has 134 valence electrons. The summed E-state index contributed by atoms with van der Waals surface area (Å²) in [6.45, 7) is -0.303. The van der Waals surface area contributed by atoms with Crippen LogP contribution in [0.1, 0.15) is 48.9 Å². The van der Waals surface area contributed by atoms with Gasteiger partial charge in [0, 0.05) is 5.54 Å². The first-order valence-corrected chi connectivity index (χ1v) is 9.62. The molecule has 4 nitrogen and oxygen atoms in total. The molecule has 1 aromatic rings. The summed E-state index contributed by atoms with van der Waals surface area (Å²) in [5.74, 6) is 1.33. The van der Waals surface area contributed by atoms with E-state index in [0.29, 0.717) is 0 Å². The molecule has 4 saturated carbocycles. The van der Waals surface area contributed by atoms with E-state index in [4.69, 9.17) is 27.9 Å². The Hall–Kier alpha value is -1.26. The van der Waals surface area contributed by atoms with Gasteiger partial charge in [0.15, 0.2) is 6.61 Å². The largest absolute Gasteiger partial charge is 0.452 e. The summed E-state index contributed by atoms with van der Waals surface area (Å²) in [7, 11) is 0. The van der Waals surface area contributed by atoms with Crippen LogP contribution in [-0.4, -0.2) is 24.0 Å². The van der Waals surface area contributed by atoms with E-state index in [2.05, 4.69) is 5.32 Å². The highest BCUT2D eigenvalue weighted by atomic mass is 35.5. The maximum Gasteiger partial charge on any atom is 0.341 e. The Labute approximate surface area is 157 Å². The number of halogens is 2. The fourth-order valence-electron chi connectivity index (χ4n) is 5.49. The van der Waals surface area contributed by atoms with Crippen molar-refractivity contribution < 1.29 is 14.3 Å².